The second kappa shape index (κ2) is 8.92. The van der Waals surface area contributed by atoms with Crippen LogP contribution in [-0.4, -0.2) is 25.4 Å². The van der Waals surface area contributed by atoms with Crippen molar-refractivity contribution in [3.8, 4) is 17.1 Å². The van der Waals surface area contributed by atoms with Gasteiger partial charge in [0, 0.05) is 24.0 Å². The smallest absolute Gasteiger partial charge is 0.251 e. The molecule has 3 N–H and O–H groups in total. The molecule has 3 heterocycles. The Morgan fingerprint density at radius 3 is 2.62 bits per heavy atom. The van der Waals surface area contributed by atoms with Gasteiger partial charge in [0.25, 0.3) is 5.91 Å². The van der Waals surface area contributed by atoms with Gasteiger partial charge in [-0.1, -0.05) is 29.8 Å². The van der Waals surface area contributed by atoms with Gasteiger partial charge in [-0.3, -0.25) is 9.36 Å². The van der Waals surface area contributed by atoms with Gasteiger partial charge in [-0.15, -0.1) is 0 Å². The Morgan fingerprint density at radius 2 is 1.85 bits per heavy atom. The lowest BCUT2D eigenvalue weighted by Crippen LogP contribution is -2.22. The Morgan fingerprint density at radius 1 is 1.03 bits per heavy atom. The van der Waals surface area contributed by atoms with E-state index in [-0.39, 0.29) is 18.0 Å². The van der Waals surface area contributed by atoms with Gasteiger partial charge in [0.2, 0.25) is 0 Å². The fourth-order valence-electron chi connectivity index (χ4n) is 3.64. The Balaban J connectivity index is 1.47. The monoisotopic (exact) mass is 472 g/mol. The highest BCUT2D eigenvalue weighted by molar-refractivity contribution is 6.29. The van der Waals surface area contributed by atoms with Crippen molar-refractivity contribution in [2.75, 3.05) is 5.73 Å². The molecule has 0 radical (unpaired) electrons. The molecular weight excluding hydrogens is 455 g/mol. The molecule has 0 saturated heterocycles. The summed E-state index contributed by atoms with van der Waals surface area (Å²) in [5.41, 5.74) is 9.96. The van der Waals surface area contributed by atoms with Crippen LogP contribution in [0.4, 0.5) is 10.2 Å². The quantitative estimate of drug-likeness (QED) is 0.358. The zero-order chi connectivity index (χ0) is 23.7. The van der Waals surface area contributed by atoms with Crippen LogP contribution in [0.2, 0.25) is 5.15 Å². The van der Waals surface area contributed by atoms with Crippen molar-refractivity contribution in [3.05, 3.63) is 101 Å². The molecule has 0 aliphatic heterocycles. The average Bonchev–Trinajstić information content (AvgIpc) is 3.21. The van der Waals surface area contributed by atoms with E-state index in [4.69, 9.17) is 22.3 Å². The van der Waals surface area contributed by atoms with E-state index in [1.54, 1.807) is 30.5 Å². The van der Waals surface area contributed by atoms with E-state index < -0.39 is 5.82 Å². The van der Waals surface area contributed by atoms with Crippen molar-refractivity contribution >= 4 is 34.5 Å². The molecule has 0 saturated carbocycles. The molecular formula is C25H18ClFN6O. The molecule has 0 unspecified atom stereocenters. The fraction of sp³-hybridized carbons (Fsp3) is 0.0400. The number of hydrogen-bond donors (Lipinski definition) is 2. The third kappa shape index (κ3) is 4.18. The predicted octanol–water partition coefficient (Wildman–Crippen LogP) is 4.79. The van der Waals surface area contributed by atoms with Gasteiger partial charge in [0.05, 0.1) is 5.56 Å². The summed E-state index contributed by atoms with van der Waals surface area (Å²) in [6.07, 6.45) is 1.62. The summed E-state index contributed by atoms with van der Waals surface area (Å²) < 4.78 is 15.2. The van der Waals surface area contributed by atoms with Crippen LogP contribution >= 0.6 is 11.6 Å². The molecule has 9 heteroatoms. The summed E-state index contributed by atoms with van der Waals surface area (Å²) in [6, 6.07) is 20.2. The number of benzene rings is 2. The summed E-state index contributed by atoms with van der Waals surface area (Å²) in [5, 5.41) is 3.14. The van der Waals surface area contributed by atoms with E-state index in [1.807, 2.05) is 34.9 Å². The zero-order valence-electron chi connectivity index (χ0n) is 17.7. The zero-order valence-corrected chi connectivity index (χ0v) is 18.5. The van der Waals surface area contributed by atoms with Crippen molar-refractivity contribution in [1.29, 1.82) is 0 Å². The molecule has 0 bridgehead atoms. The van der Waals surface area contributed by atoms with E-state index in [1.165, 1.54) is 18.2 Å². The number of pyridine rings is 2. The van der Waals surface area contributed by atoms with Crippen LogP contribution in [0.25, 0.3) is 28.2 Å². The molecule has 5 aromatic rings. The summed E-state index contributed by atoms with van der Waals surface area (Å²) in [7, 11) is 0. The van der Waals surface area contributed by atoms with Crippen molar-refractivity contribution < 1.29 is 9.18 Å². The molecule has 5 rings (SSSR count). The van der Waals surface area contributed by atoms with Gasteiger partial charge in [-0.2, -0.15) is 0 Å². The lowest BCUT2D eigenvalue weighted by Gasteiger charge is -2.11. The second-order valence-corrected chi connectivity index (χ2v) is 7.93. The maximum Gasteiger partial charge on any atom is 0.251 e. The number of imidazole rings is 1. The molecule has 3 aromatic heterocycles. The van der Waals surface area contributed by atoms with E-state index in [0.717, 1.165) is 11.3 Å². The summed E-state index contributed by atoms with van der Waals surface area (Å²) >= 11 is 6.17. The molecule has 168 valence electrons. The van der Waals surface area contributed by atoms with Crippen LogP contribution in [0.3, 0.4) is 0 Å². The van der Waals surface area contributed by atoms with E-state index in [2.05, 4.69) is 15.3 Å². The number of fused-ring (bicyclic) bond motifs is 1. The summed E-state index contributed by atoms with van der Waals surface area (Å²) in [5.74, 6) is 0.130. The third-order valence-electron chi connectivity index (χ3n) is 5.28. The topological polar surface area (TPSA) is 98.7 Å². The molecule has 1 amide bonds. The van der Waals surface area contributed by atoms with Crippen molar-refractivity contribution in [2.45, 2.75) is 6.54 Å². The first kappa shape index (κ1) is 21.5. The number of nitrogens with zero attached hydrogens (tertiary/aromatic N) is 4. The molecule has 0 aliphatic rings. The first-order chi connectivity index (χ1) is 16.5. The number of aromatic nitrogens is 4. The summed E-state index contributed by atoms with van der Waals surface area (Å²) in [4.78, 5) is 25.7. The van der Waals surface area contributed by atoms with Gasteiger partial charge in [-0.25, -0.2) is 19.3 Å². The largest absolute Gasteiger partial charge is 0.383 e. The first-order valence-corrected chi connectivity index (χ1v) is 10.8. The molecule has 34 heavy (non-hydrogen) atoms. The number of carbonyl (C=O) groups is 1. The van der Waals surface area contributed by atoms with E-state index >= 15 is 0 Å². The Kier molecular flexibility index (Phi) is 5.65. The van der Waals surface area contributed by atoms with Gasteiger partial charge in [0.15, 0.2) is 11.5 Å². The number of nitrogens with two attached hydrogens (primary N) is 1. The molecule has 0 atom stereocenters. The highest BCUT2D eigenvalue weighted by Crippen LogP contribution is 2.30. The lowest BCUT2D eigenvalue weighted by atomic mass is 10.1. The fourth-order valence-corrected chi connectivity index (χ4v) is 3.79. The SMILES string of the molecule is Nc1ncccc1-c1nc2ccc(Cl)nc2n1-c1ccc(CNC(=O)c2cccc(F)c2)cc1. The van der Waals surface area contributed by atoms with Crippen molar-refractivity contribution in [3.63, 3.8) is 0 Å². The number of amides is 1. The highest BCUT2D eigenvalue weighted by Gasteiger charge is 2.18. The van der Waals surface area contributed by atoms with Crippen LogP contribution in [0.15, 0.2) is 79.0 Å². The average molecular weight is 473 g/mol. The predicted molar refractivity (Wildman–Crippen MR) is 129 cm³/mol. The number of nitrogen functional groups attached to an aromatic ring is 1. The van der Waals surface area contributed by atoms with Crippen LogP contribution in [-0.2, 0) is 6.54 Å². The van der Waals surface area contributed by atoms with Gasteiger partial charge < -0.3 is 11.1 Å². The van der Waals surface area contributed by atoms with Crippen LogP contribution in [0.1, 0.15) is 15.9 Å². The molecule has 0 spiro atoms. The minimum absolute atomic E-state index is 0.267. The Labute approximate surface area is 199 Å². The van der Waals surface area contributed by atoms with Gasteiger partial charge in [-0.05, 0) is 60.2 Å². The van der Waals surface area contributed by atoms with Crippen molar-refractivity contribution in [2.24, 2.45) is 0 Å². The summed E-state index contributed by atoms with van der Waals surface area (Å²) in [6.45, 7) is 0.285. The molecule has 7 nitrogen and oxygen atoms in total. The number of nitrogens with one attached hydrogen (secondary N) is 1. The maximum absolute atomic E-state index is 13.4. The Bertz CT molecular complexity index is 1520. The molecule has 0 fully saturated rings. The van der Waals surface area contributed by atoms with Gasteiger partial charge >= 0.3 is 0 Å². The van der Waals surface area contributed by atoms with Crippen LogP contribution < -0.4 is 11.1 Å². The van der Waals surface area contributed by atoms with Crippen LogP contribution in [0.5, 0.6) is 0 Å². The minimum Gasteiger partial charge on any atom is -0.383 e. The first-order valence-electron chi connectivity index (χ1n) is 10.4. The van der Waals surface area contributed by atoms with Crippen molar-refractivity contribution in [1.82, 2.24) is 24.8 Å². The molecule has 2 aromatic carbocycles. The standard InChI is InChI=1S/C25H18ClFN6O/c26-21-11-10-20-24(32-21)33(23(31-20)19-5-2-12-29-22(19)28)18-8-6-15(7-9-18)14-30-25(34)16-3-1-4-17(27)13-16/h1-13H,14H2,(H2,28,29)(H,30,34). The second-order valence-electron chi connectivity index (χ2n) is 7.54. The highest BCUT2D eigenvalue weighted by atomic mass is 35.5. The number of carbonyl (C=O) groups excluding carboxylic acids is 1. The number of anilines is 1. The minimum atomic E-state index is -0.455. The normalized spacial score (nSPS) is 11.0. The number of rotatable bonds is 5. The third-order valence-corrected chi connectivity index (χ3v) is 5.49. The maximum atomic E-state index is 13.4. The van der Waals surface area contributed by atoms with Crippen LogP contribution in [0, 0.1) is 5.82 Å². The lowest BCUT2D eigenvalue weighted by molar-refractivity contribution is 0.0950. The van der Waals surface area contributed by atoms with E-state index in [9.17, 15) is 9.18 Å². The molecule has 0 aliphatic carbocycles. The number of hydrogen-bond acceptors (Lipinski definition) is 5. The van der Waals surface area contributed by atoms with E-state index in [0.29, 0.717) is 33.5 Å². The Hall–Kier alpha value is -4.30. The number of halogens is 2. The van der Waals surface area contributed by atoms with Gasteiger partial charge in [0.1, 0.15) is 22.3 Å².